The number of hydrogen-bond donors (Lipinski definition) is 0. The minimum absolute atomic E-state index is 0.00137. The van der Waals surface area contributed by atoms with Crippen LogP contribution in [-0.2, 0) is 0 Å². The van der Waals surface area contributed by atoms with E-state index in [1.807, 2.05) is 6.26 Å². The van der Waals surface area contributed by atoms with Crippen LogP contribution < -0.4 is 0 Å². The molecule has 0 saturated carbocycles. The molecule has 1 aromatic rings. The number of halogens is 3. The molecule has 4 heteroatoms. The van der Waals surface area contributed by atoms with E-state index in [0.717, 1.165) is 4.90 Å². The second-order valence-corrected chi connectivity index (χ2v) is 3.48. The van der Waals surface area contributed by atoms with Gasteiger partial charge in [0.15, 0.2) is 0 Å². The van der Waals surface area contributed by atoms with Crippen molar-refractivity contribution < 1.29 is 4.39 Å². The Balaban J connectivity index is 3.25. The van der Waals surface area contributed by atoms with E-state index in [4.69, 9.17) is 23.2 Å². The number of benzene rings is 1. The molecule has 1 rings (SSSR count). The predicted molar refractivity (Wildman–Crippen MR) is 48.2 cm³/mol. The lowest BCUT2D eigenvalue weighted by Gasteiger charge is -2.01. The van der Waals surface area contributed by atoms with Crippen molar-refractivity contribution in [1.82, 2.24) is 0 Å². The molecule has 0 unspecified atom stereocenters. The molecule has 0 fully saturated rings. The Morgan fingerprint density at radius 1 is 1.27 bits per heavy atom. The summed E-state index contributed by atoms with van der Waals surface area (Å²) < 4.78 is 12.7. The van der Waals surface area contributed by atoms with Gasteiger partial charge in [-0.1, -0.05) is 23.2 Å². The molecule has 11 heavy (non-hydrogen) atoms. The van der Waals surface area contributed by atoms with Crippen LogP contribution in [0, 0.1) is 5.82 Å². The fraction of sp³-hybridized carbons (Fsp3) is 0.143. The van der Waals surface area contributed by atoms with Gasteiger partial charge in [0.05, 0.1) is 10.0 Å². The number of hydrogen-bond acceptors (Lipinski definition) is 1. The van der Waals surface area contributed by atoms with Crippen LogP contribution in [0.3, 0.4) is 0 Å². The van der Waals surface area contributed by atoms with E-state index >= 15 is 0 Å². The first-order chi connectivity index (χ1) is 5.16. The number of rotatable bonds is 1. The van der Waals surface area contributed by atoms with Gasteiger partial charge in [-0.2, -0.15) is 0 Å². The molecule has 0 aliphatic heterocycles. The second kappa shape index (κ2) is 3.65. The minimum Gasteiger partial charge on any atom is -0.205 e. The molecule has 0 aromatic heterocycles. The minimum atomic E-state index is -0.477. The van der Waals surface area contributed by atoms with Crippen LogP contribution in [-0.4, -0.2) is 6.26 Å². The van der Waals surface area contributed by atoms with Gasteiger partial charge >= 0.3 is 0 Å². The molecule has 0 radical (unpaired) electrons. The summed E-state index contributed by atoms with van der Waals surface area (Å²) in [6, 6.07) is 2.91. The summed E-state index contributed by atoms with van der Waals surface area (Å²) >= 11 is 12.7. The van der Waals surface area contributed by atoms with Gasteiger partial charge in [0.2, 0.25) is 0 Å². The van der Waals surface area contributed by atoms with Crippen molar-refractivity contribution in [2.24, 2.45) is 0 Å². The maximum Gasteiger partial charge on any atom is 0.143 e. The molecule has 0 atom stereocenters. The quantitative estimate of drug-likeness (QED) is 0.502. The zero-order valence-corrected chi connectivity index (χ0v) is 8.03. The van der Waals surface area contributed by atoms with E-state index in [9.17, 15) is 4.39 Å². The lowest BCUT2D eigenvalue weighted by Crippen LogP contribution is -1.80. The molecule has 60 valence electrons. The van der Waals surface area contributed by atoms with Crippen molar-refractivity contribution in [2.45, 2.75) is 4.90 Å². The molecule has 0 saturated heterocycles. The average Bonchev–Trinajstić information content (AvgIpc) is 2.01. The van der Waals surface area contributed by atoms with Gasteiger partial charge < -0.3 is 0 Å². The normalized spacial score (nSPS) is 10.2. The first-order valence-electron chi connectivity index (χ1n) is 2.84. The summed E-state index contributed by atoms with van der Waals surface area (Å²) in [5.74, 6) is -0.477. The largest absolute Gasteiger partial charge is 0.205 e. The monoisotopic (exact) mass is 210 g/mol. The Labute approximate surface area is 78.7 Å². The van der Waals surface area contributed by atoms with Crippen molar-refractivity contribution in [3.63, 3.8) is 0 Å². The van der Waals surface area contributed by atoms with Gasteiger partial charge in [-0.3, -0.25) is 0 Å². The summed E-state index contributed by atoms with van der Waals surface area (Å²) in [7, 11) is 0. The van der Waals surface area contributed by atoms with Crippen molar-refractivity contribution in [3.05, 3.63) is 28.0 Å². The molecule has 0 nitrogen and oxygen atoms in total. The van der Waals surface area contributed by atoms with Crippen molar-refractivity contribution in [2.75, 3.05) is 6.26 Å². The molecule has 0 spiro atoms. The molecule has 0 bridgehead atoms. The molecule has 0 N–H and O–H groups in total. The van der Waals surface area contributed by atoms with E-state index in [0.29, 0.717) is 5.02 Å². The lowest BCUT2D eigenvalue weighted by atomic mass is 10.3. The third kappa shape index (κ3) is 1.81. The highest BCUT2D eigenvalue weighted by molar-refractivity contribution is 7.98. The fourth-order valence-corrected chi connectivity index (χ4v) is 1.76. The SMILES string of the molecule is CSc1ccc(F)c(Cl)c1Cl. The predicted octanol–water partition coefficient (Wildman–Crippen LogP) is 3.85. The van der Waals surface area contributed by atoms with Gasteiger partial charge in [-0.15, -0.1) is 11.8 Å². The maximum absolute atomic E-state index is 12.7. The lowest BCUT2D eigenvalue weighted by molar-refractivity contribution is 0.627. The Kier molecular flexibility index (Phi) is 3.05. The molecular weight excluding hydrogens is 206 g/mol. The smallest absolute Gasteiger partial charge is 0.143 e. The van der Waals surface area contributed by atoms with E-state index in [-0.39, 0.29) is 5.02 Å². The molecule has 0 heterocycles. The van der Waals surface area contributed by atoms with E-state index in [2.05, 4.69) is 0 Å². The highest BCUT2D eigenvalue weighted by Gasteiger charge is 2.07. The molecule has 1 aromatic carbocycles. The standard InChI is InChI=1S/C7H5Cl2FS/c1-11-5-3-2-4(10)6(8)7(5)9/h2-3H,1H3. The summed E-state index contributed by atoms with van der Waals surface area (Å²) in [5, 5.41) is 0.290. The van der Waals surface area contributed by atoms with Crippen molar-refractivity contribution >= 4 is 35.0 Å². The summed E-state index contributed by atoms with van der Waals surface area (Å²) in [4.78, 5) is 0.790. The fourth-order valence-electron chi connectivity index (χ4n) is 0.666. The van der Waals surface area contributed by atoms with Gasteiger partial charge in [-0.05, 0) is 18.4 Å². The van der Waals surface area contributed by atoms with Crippen LogP contribution in [0.25, 0.3) is 0 Å². The summed E-state index contributed by atoms with van der Waals surface area (Å²) in [6.07, 6.45) is 1.86. The highest BCUT2D eigenvalue weighted by Crippen LogP contribution is 2.33. The van der Waals surface area contributed by atoms with Gasteiger partial charge in [0.1, 0.15) is 5.82 Å². The van der Waals surface area contributed by atoms with E-state index in [1.165, 1.54) is 17.8 Å². The average molecular weight is 211 g/mol. The van der Waals surface area contributed by atoms with Crippen LogP contribution in [0.5, 0.6) is 0 Å². The van der Waals surface area contributed by atoms with E-state index < -0.39 is 5.82 Å². The van der Waals surface area contributed by atoms with E-state index in [1.54, 1.807) is 6.07 Å². The maximum atomic E-state index is 12.7. The molecular formula is C7H5Cl2FS. The second-order valence-electron chi connectivity index (χ2n) is 1.88. The molecule has 0 amide bonds. The molecule has 0 aliphatic carbocycles. The topological polar surface area (TPSA) is 0 Å². The van der Waals surface area contributed by atoms with Crippen LogP contribution in [0.15, 0.2) is 17.0 Å². The zero-order chi connectivity index (χ0) is 8.43. The van der Waals surface area contributed by atoms with Crippen LogP contribution >= 0.6 is 35.0 Å². The first kappa shape index (κ1) is 9.17. The Hall–Kier alpha value is 0.0800. The summed E-state index contributed by atoms with van der Waals surface area (Å²) in [5.41, 5.74) is 0. The summed E-state index contributed by atoms with van der Waals surface area (Å²) in [6.45, 7) is 0. The van der Waals surface area contributed by atoms with Gasteiger partial charge in [-0.25, -0.2) is 4.39 Å². The van der Waals surface area contributed by atoms with Gasteiger partial charge in [0, 0.05) is 4.90 Å². The third-order valence-corrected chi connectivity index (χ3v) is 2.97. The Morgan fingerprint density at radius 3 is 2.45 bits per heavy atom. The van der Waals surface area contributed by atoms with Crippen LogP contribution in [0.1, 0.15) is 0 Å². The van der Waals surface area contributed by atoms with Crippen molar-refractivity contribution in [3.8, 4) is 0 Å². The van der Waals surface area contributed by atoms with Crippen LogP contribution in [0.2, 0.25) is 10.0 Å². The van der Waals surface area contributed by atoms with Crippen LogP contribution in [0.4, 0.5) is 4.39 Å². The molecule has 0 aliphatic rings. The highest BCUT2D eigenvalue weighted by atomic mass is 35.5. The Morgan fingerprint density at radius 2 is 1.91 bits per heavy atom. The third-order valence-electron chi connectivity index (χ3n) is 1.22. The zero-order valence-electron chi connectivity index (χ0n) is 5.70. The number of thioether (sulfide) groups is 1. The first-order valence-corrected chi connectivity index (χ1v) is 4.82. The Bertz CT molecular complexity index is 275. The van der Waals surface area contributed by atoms with Crippen molar-refractivity contribution in [1.29, 1.82) is 0 Å². The van der Waals surface area contributed by atoms with Gasteiger partial charge in [0.25, 0.3) is 0 Å².